The molecule has 0 unspecified atom stereocenters. The minimum atomic E-state index is -3.63. The largest absolute Gasteiger partial charge is 0.482 e. The molecule has 0 aliphatic carbocycles. The number of rotatable bonds is 4. The van der Waals surface area contributed by atoms with Crippen LogP contribution in [0.5, 0.6) is 5.75 Å². The molecule has 0 bridgehead atoms. The van der Waals surface area contributed by atoms with Crippen molar-refractivity contribution >= 4 is 27.5 Å². The number of carbonyl (C=O) groups is 2. The average molecular weight is 436 g/mol. The Morgan fingerprint density at radius 3 is 2.47 bits per heavy atom. The van der Waals surface area contributed by atoms with Crippen LogP contribution in [0.1, 0.15) is 33.1 Å². The zero-order chi connectivity index (χ0) is 21.5. The number of likely N-dealkylation sites (tertiary alicyclic amines) is 1. The Morgan fingerprint density at radius 1 is 1.13 bits per heavy atom. The number of hydrogen-bond donors (Lipinski definition) is 0. The molecule has 4 rings (SSSR count). The van der Waals surface area contributed by atoms with E-state index in [9.17, 15) is 18.0 Å². The molecule has 0 aromatic heterocycles. The fourth-order valence-electron chi connectivity index (χ4n) is 4.70. The third-order valence-corrected chi connectivity index (χ3v) is 7.99. The highest BCUT2D eigenvalue weighted by molar-refractivity contribution is 7.89. The lowest BCUT2D eigenvalue weighted by Crippen LogP contribution is -2.50. The Balaban J connectivity index is 1.60. The number of carbonyl (C=O) groups excluding carboxylic acids is 2. The van der Waals surface area contributed by atoms with Crippen molar-refractivity contribution < 1.29 is 22.7 Å². The summed E-state index contributed by atoms with van der Waals surface area (Å²) in [5, 5.41) is 0. The van der Waals surface area contributed by atoms with E-state index in [1.54, 1.807) is 6.07 Å². The lowest BCUT2D eigenvalue weighted by molar-refractivity contribution is -0.134. The second-order valence-electron chi connectivity index (χ2n) is 8.75. The van der Waals surface area contributed by atoms with Gasteiger partial charge < -0.3 is 9.64 Å². The highest BCUT2D eigenvalue weighted by atomic mass is 32.2. The number of ether oxygens (including phenoxy) is 1. The maximum atomic E-state index is 13.0. The summed E-state index contributed by atoms with van der Waals surface area (Å²) in [5.74, 6) is 0.792. The van der Waals surface area contributed by atoms with Gasteiger partial charge in [-0.3, -0.25) is 14.5 Å². The van der Waals surface area contributed by atoms with Crippen molar-refractivity contribution in [2.45, 2.75) is 38.0 Å². The molecule has 3 aliphatic rings. The maximum Gasteiger partial charge on any atom is 0.265 e. The molecule has 2 amide bonds. The Hall–Kier alpha value is -2.13. The molecule has 0 radical (unpaired) electrons. The van der Waals surface area contributed by atoms with Crippen molar-refractivity contribution in [2.24, 2.45) is 11.8 Å². The van der Waals surface area contributed by atoms with Crippen LogP contribution in [0.2, 0.25) is 0 Å². The van der Waals surface area contributed by atoms with E-state index in [0.29, 0.717) is 49.5 Å². The van der Waals surface area contributed by atoms with Gasteiger partial charge in [0, 0.05) is 26.2 Å². The summed E-state index contributed by atoms with van der Waals surface area (Å²) in [6, 6.07) is 4.55. The molecule has 30 heavy (non-hydrogen) atoms. The number of fused-ring (bicyclic) bond motifs is 1. The summed E-state index contributed by atoms with van der Waals surface area (Å²) in [5.41, 5.74) is 0.345. The van der Waals surface area contributed by atoms with Crippen LogP contribution in [0, 0.1) is 11.8 Å². The number of amides is 2. The van der Waals surface area contributed by atoms with Gasteiger partial charge in [0.15, 0.2) is 6.61 Å². The Labute approximate surface area is 177 Å². The van der Waals surface area contributed by atoms with Gasteiger partial charge in [-0.2, -0.15) is 4.31 Å². The van der Waals surface area contributed by atoms with Crippen molar-refractivity contribution in [3.63, 3.8) is 0 Å². The highest BCUT2D eigenvalue weighted by Gasteiger charge is 2.34. The molecule has 0 N–H and O–H groups in total. The number of anilines is 1. The summed E-state index contributed by atoms with van der Waals surface area (Å²) in [7, 11) is -3.63. The molecule has 1 aromatic carbocycles. The van der Waals surface area contributed by atoms with E-state index in [1.807, 2.05) is 4.90 Å². The van der Waals surface area contributed by atoms with Crippen LogP contribution in [-0.2, 0) is 19.6 Å². The summed E-state index contributed by atoms with van der Waals surface area (Å²) >= 11 is 0. The van der Waals surface area contributed by atoms with Crippen molar-refractivity contribution in [3.05, 3.63) is 18.2 Å². The van der Waals surface area contributed by atoms with E-state index < -0.39 is 10.0 Å². The monoisotopic (exact) mass is 435 g/mol. The first-order valence-electron chi connectivity index (χ1n) is 10.6. The van der Waals surface area contributed by atoms with Crippen LogP contribution in [0.15, 0.2) is 23.1 Å². The van der Waals surface area contributed by atoms with Crippen LogP contribution >= 0.6 is 0 Å². The van der Waals surface area contributed by atoms with Gasteiger partial charge in [0.2, 0.25) is 15.9 Å². The predicted molar refractivity (Wildman–Crippen MR) is 112 cm³/mol. The average Bonchev–Trinajstić information content (AvgIpc) is 3.24. The summed E-state index contributed by atoms with van der Waals surface area (Å²) in [6.07, 6.45) is 2.78. The third kappa shape index (κ3) is 4.05. The van der Waals surface area contributed by atoms with Gasteiger partial charge in [0.05, 0.1) is 10.6 Å². The van der Waals surface area contributed by atoms with E-state index in [2.05, 4.69) is 13.8 Å². The molecule has 3 aliphatic heterocycles. The number of nitrogens with zero attached hydrogens (tertiary/aromatic N) is 3. The molecule has 1 aromatic rings. The molecule has 0 saturated carbocycles. The zero-order valence-electron chi connectivity index (χ0n) is 17.5. The van der Waals surface area contributed by atoms with Gasteiger partial charge >= 0.3 is 0 Å². The second-order valence-corrected chi connectivity index (χ2v) is 10.7. The fraction of sp³-hybridized carbons (Fsp3) is 0.619. The van der Waals surface area contributed by atoms with E-state index in [1.165, 1.54) is 21.3 Å². The van der Waals surface area contributed by atoms with Crippen LogP contribution in [0.3, 0.4) is 0 Å². The normalized spacial score (nSPS) is 25.2. The quantitative estimate of drug-likeness (QED) is 0.718. The minimum absolute atomic E-state index is 0.109. The lowest BCUT2D eigenvalue weighted by atomic mass is 9.92. The van der Waals surface area contributed by atoms with Gasteiger partial charge in [-0.1, -0.05) is 13.8 Å². The maximum absolute atomic E-state index is 13.0. The van der Waals surface area contributed by atoms with Crippen LogP contribution in [0.4, 0.5) is 5.69 Å². The zero-order valence-corrected chi connectivity index (χ0v) is 18.4. The van der Waals surface area contributed by atoms with Gasteiger partial charge in [0.25, 0.3) is 5.91 Å². The van der Waals surface area contributed by atoms with E-state index in [-0.39, 0.29) is 29.9 Å². The minimum Gasteiger partial charge on any atom is -0.482 e. The molecule has 164 valence electrons. The Morgan fingerprint density at radius 2 is 1.80 bits per heavy atom. The van der Waals surface area contributed by atoms with Crippen LogP contribution in [-0.4, -0.2) is 68.8 Å². The second kappa shape index (κ2) is 8.19. The lowest BCUT2D eigenvalue weighted by Gasteiger charge is -2.37. The van der Waals surface area contributed by atoms with E-state index in [4.69, 9.17) is 4.74 Å². The first-order chi connectivity index (χ1) is 14.3. The first kappa shape index (κ1) is 21.1. The van der Waals surface area contributed by atoms with E-state index >= 15 is 0 Å². The van der Waals surface area contributed by atoms with Gasteiger partial charge in [-0.05, 0) is 49.3 Å². The summed E-state index contributed by atoms with van der Waals surface area (Å²) in [6.45, 7) is 6.34. The number of piperidine rings is 1. The topological polar surface area (TPSA) is 87.2 Å². The van der Waals surface area contributed by atoms with Crippen molar-refractivity contribution in [1.29, 1.82) is 0 Å². The van der Waals surface area contributed by atoms with Gasteiger partial charge in [-0.15, -0.1) is 0 Å². The number of benzene rings is 1. The van der Waals surface area contributed by atoms with Crippen LogP contribution in [0.25, 0.3) is 0 Å². The predicted octanol–water partition coefficient (Wildman–Crippen LogP) is 1.70. The molecule has 0 spiro atoms. The molecular formula is C21H29N3O5S. The van der Waals surface area contributed by atoms with Gasteiger partial charge in [-0.25, -0.2) is 8.42 Å². The SMILES string of the molecule is C[C@@H]1C[C@@H](C)CN(C(=O)CN2C(=O)COc3ccc(S(=O)(=O)N4CCCC4)cc32)C1. The van der Waals surface area contributed by atoms with Crippen molar-refractivity contribution in [1.82, 2.24) is 9.21 Å². The smallest absolute Gasteiger partial charge is 0.265 e. The third-order valence-electron chi connectivity index (χ3n) is 6.09. The van der Waals surface area contributed by atoms with Crippen molar-refractivity contribution in [2.75, 3.05) is 44.2 Å². The Bertz CT molecular complexity index is 932. The highest BCUT2D eigenvalue weighted by Crippen LogP contribution is 2.35. The Kier molecular flexibility index (Phi) is 5.76. The van der Waals surface area contributed by atoms with Crippen molar-refractivity contribution in [3.8, 4) is 5.75 Å². The first-order valence-corrected chi connectivity index (χ1v) is 12.0. The standard InChI is InChI=1S/C21H29N3O5S/c1-15-9-16(2)12-22(11-15)20(25)13-24-18-10-17(5-6-19(18)29-14-21(24)26)30(27,28)23-7-3-4-8-23/h5-6,10,15-16H,3-4,7-9,11-14H2,1-2H3/t15-,16-/m1/s1. The summed E-state index contributed by atoms with van der Waals surface area (Å²) in [4.78, 5) is 28.9. The molecule has 9 heteroatoms. The molecule has 2 atom stereocenters. The molecule has 2 saturated heterocycles. The van der Waals surface area contributed by atoms with E-state index in [0.717, 1.165) is 19.3 Å². The molecule has 2 fully saturated rings. The molecule has 8 nitrogen and oxygen atoms in total. The molecular weight excluding hydrogens is 406 g/mol. The van der Waals surface area contributed by atoms with Gasteiger partial charge in [0.1, 0.15) is 12.3 Å². The summed E-state index contributed by atoms with van der Waals surface area (Å²) < 4.78 is 32.9. The fourth-order valence-corrected chi connectivity index (χ4v) is 6.23. The number of sulfonamides is 1. The molecule has 3 heterocycles. The van der Waals surface area contributed by atoms with Crippen LogP contribution < -0.4 is 9.64 Å². The number of hydrogen-bond acceptors (Lipinski definition) is 5.